The largest absolute Gasteiger partial charge is 0.493 e. The molecule has 0 aliphatic heterocycles. The van der Waals surface area contributed by atoms with Crippen molar-refractivity contribution in [2.75, 3.05) is 20.8 Å². The second-order valence-electron chi connectivity index (χ2n) is 6.56. The van der Waals surface area contributed by atoms with Crippen molar-refractivity contribution in [2.45, 2.75) is 26.3 Å². The minimum absolute atomic E-state index is 0.188. The first kappa shape index (κ1) is 23.3. The zero-order chi connectivity index (χ0) is 22.1. The first-order valence-corrected chi connectivity index (χ1v) is 9.90. The zero-order valence-corrected chi connectivity index (χ0v) is 18.3. The SMILES string of the molecule is CCc1ccc(C(C)NC(=O)COC(=O)C=Cc2cc(Cl)c(OC)c(OC)c2)cc1. The maximum atomic E-state index is 12.1. The van der Waals surface area contributed by atoms with Gasteiger partial charge in [-0.2, -0.15) is 0 Å². The molecule has 0 aliphatic carbocycles. The summed E-state index contributed by atoms with van der Waals surface area (Å²) in [5, 5.41) is 3.16. The topological polar surface area (TPSA) is 73.9 Å². The molecule has 160 valence electrons. The summed E-state index contributed by atoms with van der Waals surface area (Å²) in [5.41, 5.74) is 2.84. The second-order valence-corrected chi connectivity index (χ2v) is 6.97. The molecule has 7 heteroatoms. The van der Waals surface area contributed by atoms with Crippen molar-refractivity contribution in [3.05, 3.63) is 64.2 Å². The number of benzene rings is 2. The third kappa shape index (κ3) is 6.52. The summed E-state index contributed by atoms with van der Waals surface area (Å²) < 4.78 is 15.4. The third-order valence-electron chi connectivity index (χ3n) is 4.48. The van der Waals surface area contributed by atoms with Crippen LogP contribution in [-0.2, 0) is 20.7 Å². The minimum atomic E-state index is -0.643. The number of carbonyl (C=O) groups is 2. The quantitative estimate of drug-likeness (QED) is 0.472. The lowest BCUT2D eigenvalue weighted by atomic mass is 10.1. The van der Waals surface area contributed by atoms with Gasteiger partial charge in [-0.1, -0.05) is 42.8 Å². The van der Waals surface area contributed by atoms with Crippen LogP contribution in [0.2, 0.25) is 5.02 Å². The summed E-state index contributed by atoms with van der Waals surface area (Å²) in [7, 11) is 2.98. The first-order chi connectivity index (χ1) is 14.4. The van der Waals surface area contributed by atoms with E-state index in [1.807, 2.05) is 31.2 Å². The lowest BCUT2D eigenvalue weighted by molar-refractivity contribution is -0.144. The second kappa shape index (κ2) is 11.3. The number of ether oxygens (including phenoxy) is 3. The van der Waals surface area contributed by atoms with Crippen molar-refractivity contribution in [3.63, 3.8) is 0 Å². The van der Waals surface area contributed by atoms with Crippen molar-refractivity contribution < 1.29 is 23.8 Å². The van der Waals surface area contributed by atoms with Crippen LogP contribution in [0.25, 0.3) is 6.08 Å². The lowest BCUT2D eigenvalue weighted by Crippen LogP contribution is -2.30. The molecule has 1 amide bonds. The van der Waals surface area contributed by atoms with Crippen LogP contribution in [-0.4, -0.2) is 32.7 Å². The van der Waals surface area contributed by atoms with Crippen LogP contribution < -0.4 is 14.8 Å². The van der Waals surface area contributed by atoms with Gasteiger partial charge in [-0.15, -0.1) is 0 Å². The number of rotatable bonds is 9. The molecule has 2 aromatic rings. The fourth-order valence-electron chi connectivity index (χ4n) is 2.79. The smallest absolute Gasteiger partial charge is 0.331 e. The fraction of sp³-hybridized carbons (Fsp3) is 0.304. The number of esters is 1. The van der Waals surface area contributed by atoms with E-state index >= 15 is 0 Å². The molecule has 1 unspecified atom stereocenters. The van der Waals surface area contributed by atoms with Crippen LogP contribution in [0.1, 0.15) is 36.6 Å². The highest BCUT2D eigenvalue weighted by atomic mass is 35.5. The van der Waals surface area contributed by atoms with E-state index < -0.39 is 5.97 Å². The number of methoxy groups -OCH3 is 2. The Labute approximate surface area is 181 Å². The summed E-state index contributed by atoms with van der Waals surface area (Å²) >= 11 is 6.14. The Bertz CT molecular complexity index is 909. The van der Waals surface area contributed by atoms with E-state index in [1.165, 1.54) is 31.9 Å². The van der Waals surface area contributed by atoms with Crippen LogP contribution in [0.3, 0.4) is 0 Å². The number of nitrogens with one attached hydrogen (secondary N) is 1. The van der Waals surface area contributed by atoms with E-state index in [9.17, 15) is 9.59 Å². The number of halogens is 1. The number of hydrogen-bond acceptors (Lipinski definition) is 5. The molecule has 0 saturated carbocycles. The zero-order valence-electron chi connectivity index (χ0n) is 17.5. The third-order valence-corrected chi connectivity index (χ3v) is 4.76. The Morgan fingerprint density at radius 1 is 1.13 bits per heavy atom. The highest BCUT2D eigenvalue weighted by molar-refractivity contribution is 6.32. The molecule has 1 atom stereocenters. The van der Waals surface area contributed by atoms with E-state index in [0.29, 0.717) is 22.1 Å². The standard InChI is InChI=1S/C23H26ClNO5/c1-5-16-6-9-18(10-7-16)15(2)25-21(26)14-30-22(27)11-8-17-12-19(24)23(29-4)20(13-17)28-3/h6-13,15H,5,14H2,1-4H3,(H,25,26). The summed E-state index contributed by atoms with van der Waals surface area (Å²) in [4.78, 5) is 24.0. The van der Waals surface area contributed by atoms with Crippen LogP contribution >= 0.6 is 11.6 Å². The molecule has 30 heavy (non-hydrogen) atoms. The number of carbonyl (C=O) groups excluding carboxylic acids is 2. The summed E-state index contributed by atoms with van der Waals surface area (Å²) in [6, 6.07) is 11.1. The molecule has 0 fully saturated rings. The average Bonchev–Trinajstić information content (AvgIpc) is 2.75. The van der Waals surface area contributed by atoms with Gasteiger partial charge in [0.25, 0.3) is 5.91 Å². The van der Waals surface area contributed by atoms with E-state index in [1.54, 1.807) is 12.1 Å². The van der Waals surface area contributed by atoms with Crippen molar-refractivity contribution in [2.24, 2.45) is 0 Å². The predicted molar refractivity (Wildman–Crippen MR) is 117 cm³/mol. The van der Waals surface area contributed by atoms with Crippen LogP contribution in [0, 0.1) is 0 Å². The van der Waals surface area contributed by atoms with Crippen molar-refractivity contribution in [1.29, 1.82) is 0 Å². The Morgan fingerprint density at radius 2 is 1.83 bits per heavy atom. The van der Waals surface area contributed by atoms with Crippen LogP contribution in [0.4, 0.5) is 0 Å². The molecule has 0 radical (unpaired) electrons. The summed E-state index contributed by atoms with van der Waals surface area (Å²) in [6.07, 6.45) is 3.70. The Balaban J connectivity index is 1.87. The van der Waals surface area contributed by atoms with E-state index in [-0.39, 0.29) is 18.6 Å². The molecular formula is C23H26ClNO5. The molecule has 0 aliphatic rings. The van der Waals surface area contributed by atoms with Gasteiger partial charge in [-0.3, -0.25) is 4.79 Å². The average molecular weight is 432 g/mol. The molecule has 0 spiro atoms. The minimum Gasteiger partial charge on any atom is -0.493 e. The number of amides is 1. The van der Waals surface area contributed by atoms with Crippen molar-refractivity contribution >= 4 is 29.6 Å². The fourth-order valence-corrected chi connectivity index (χ4v) is 3.09. The maximum absolute atomic E-state index is 12.1. The summed E-state index contributed by atoms with van der Waals surface area (Å²) in [6.45, 7) is 3.59. The first-order valence-electron chi connectivity index (χ1n) is 9.52. The maximum Gasteiger partial charge on any atom is 0.331 e. The van der Waals surface area contributed by atoms with Gasteiger partial charge < -0.3 is 19.5 Å². The van der Waals surface area contributed by atoms with Gasteiger partial charge in [-0.05, 0) is 48.2 Å². The number of aryl methyl sites for hydroxylation is 1. The van der Waals surface area contributed by atoms with E-state index in [4.69, 9.17) is 25.8 Å². The highest BCUT2D eigenvalue weighted by Crippen LogP contribution is 2.36. The van der Waals surface area contributed by atoms with Crippen molar-refractivity contribution in [3.8, 4) is 11.5 Å². The molecule has 6 nitrogen and oxygen atoms in total. The summed E-state index contributed by atoms with van der Waals surface area (Å²) in [5.74, 6) is -0.165. The van der Waals surface area contributed by atoms with Crippen molar-refractivity contribution in [1.82, 2.24) is 5.32 Å². The Morgan fingerprint density at radius 3 is 2.43 bits per heavy atom. The van der Waals surface area contributed by atoms with Gasteiger partial charge in [0.15, 0.2) is 18.1 Å². The molecule has 1 N–H and O–H groups in total. The van der Waals surface area contributed by atoms with Gasteiger partial charge in [0.1, 0.15) is 0 Å². The molecule has 0 bridgehead atoms. The van der Waals surface area contributed by atoms with Gasteiger partial charge in [0, 0.05) is 6.08 Å². The van der Waals surface area contributed by atoms with Gasteiger partial charge in [-0.25, -0.2) is 4.79 Å². The predicted octanol–water partition coefficient (Wildman–Crippen LogP) is 4.35. The molecule has 0 saturated heterocycles. The van der Waals surface area contributed by atoms with E-state index in [0.717, 1.165) is 12.0 Å². The normalized spacial score (nSPS) is 11.8. The highest BCUT2D eigenvalue weighted by Gasteiger charge is 2.12. The Hall–Kier alpha value is -2.99. The molecule has 0 heterocycles. The van der Waals surface area contributed by atoms with E-state index in [2.05, 4.69) is 12.2 Å². The van der Waals surface area contributed by atoms with Crippen LogP contribution in [0.15, 0.2) is 42.5 Å². The van der Waals surface area contributed by atoms with Gasteiger partial charge >= 0.3 is 5.97 Å². The monoisotopic (exact) mass is 431 g/mol. The molecule has 2 aromatic carbocycles. The lowest BCUT2D eigenvalue weighted by Gasteiger charge is -2.14. The van der Waals surface area contributed by atoms with Gasteiger partial charge in [0.05, 0.1) is 25.3 Å². The van der Waals surface area contributed by atoms with Crippen LogP contribution in [0.5, 0.6) is 11.5 Å². The Kier molecular flexibility index (Phi) is 8.74. The van der Waals surface area contributed by atoms with Gasteiger partial charge in [0.2, 0.25) is 0 Å². The molecular weight excluding hydrogens is 406 g/mol. The number of hydrogen-bond donors (Lipinski definition) is 1. The molecule has 2 rings (SSSR count). The molecule has 0 aromatic heterocycles.